The van der Waals surface area contributed by atoms with Gasteiger partial charge in [0.25, 0.3) is 0 Å². The van der Waals surface area contributed by atoms with Crippen molar-refractivity contribution in [2.45, 2.75) is 13.5 Å². The van der Waals surface area contributed by atoms with E-state index in [0.29, 0.717) is 12.4 Å². The molecule has 0 saturated carbocycles. The first-order valence-corrected chi connectivity index (χ1v) is 5.75. The summed E-state index contributed by atoms with van der Waals surface area (Å²) < 4.78 is 1.81. The lowest BCUT2D eigenvalue weighted by atomic mass is 10.5. The minimum atomic E-state index is 0.429. The van der Waals surface area contributed by atoms with Gasteiger partial charge in [-0.25, -0.2) is 9.97 Å². The van der Waals surface area contributed by atoms with Crippen LogP contribution in [0.15, 0.2) is 18.6 Å². The van der Waals surface area contributed by atoms with Crippen molar-refractivity contribution in [1.82, 2.24) is 14.5 Å². The van der Waals surface area contributed by atoms with Gasteiger partial charge in [-0.3, -0.25) is 0 Å². The SMILES string of the molecule is CCNc1ncc(Cn2ccnc2C#N)s1. The van der Waals surface area contributed by atoms with Gasteiger partial charge < -0.3 is 9.88 Å². The van der Waals surface area contributed by atoms with Gasteiger partial charge in [0.1, 0.15) is 6.07 Å². The second-order valence-electron chi connectivity index (χ2n) is 3.15. The predicted molar refractivity (Wildman–Crippen MR) is 62.3 cm³/mol. The summed E-state index contributed by atoms with van der Waals surface area (Å²) in [7, 11) is 0. The normalized spacial score (nSPS) is 10.0. The molecule has 0 aliphatic heterocycles. The smallest absolute Gasteiger partial charge is 0.213 e. The molecule has 2 aromatic rings. The Kier molecular flexibility index (Phi) is 3.17. The summed E-state index contributed by atoms with van der Waals surface area (Å²) in [6.07, 6.45) is 5.25. The molecule has 0 aromatic carbocycles. The van der Waals surface area contributed by atoms with Crippen LogP contribution in [0.1, 0.15) is 17.6 Å². The molecule has 0 spiro atoms. The van der Waals surface area contributed by atoms with Crippen molar-refractivity contribution in [1.29, 1.82) is 5.26 Å². The zero-order valence-electron chi connectivity index (χ0n) is 8.84. The number of nitrogens with zero attached hydrogens (tertiary/aromatic N) is 4. The highest BCUT2D eigenvalue weighted by molar-refractivity contribution is 7.15. The number of hydrogen-bond acceptors (Lipinski definition) is 5. The molecule has 6 heteroatoms. The van der Waals surface area contributed by atoms with Gasteiger partial charge in [-0.1, -0.05) is 0 Å². The zero-order valence-corrected chi connectivity index (χ0v) is 9.66. The van der Waals surface area contributed by atoms with Gasteiger partial charge in [-0.15, -0.1) is 11.3 Å². The number of rotatable bonds is 4. The first kappa shape index (κ1) is 10.6. The van der Waals surface area contributed by atoms with Gasteiger partial charge in [-0.2, -0.15) is 5.26 Å². The molecule has 0 fully saturated rings. The summed E-state index contributed by atoms with van der Waals surface area (Å²) in [4.78, 5) is 9.28. The Morgan fingerprint density at radius 2 is 2.44 bits per heavy atom. The fraction of sp³-hybridized carbons (Fsp3) is 0.300. The number of anilines is 1. The topological polar surface area (TPSA) is 66.5 Å². The van der Waals surface area contributed by atoms with Crippen molar-refractivity contribution in [2.24, 2.45) is 0 Å². The fourth-order valence-electron chi connectivity index (χ4n) is 1.33. The summed E-state index contributed by atoms with van der Waals surface area (Å²) in [5.74, 6) is 0.429. The average molecular weight is 233 g/mol. The van der Waals surface area contributed by atoms with Gasteiger partial charge >= 0.3 is 0 Å². The quantitative estimate of drug-likeness (QED) is 0.872. The molecular weight excluding hydrogens is 222 g/mol. The third-order valence-corrected chi connectivity index (χ3v) is 2.96. The van der Waals surface area contributed by atoms with E-state index in [9.17, 15) is 0 Å². The molecular formula is C10H11N5S. The minimum Gasteiger partial charge on any atom is -0.362 e. The standard InChI is InChI=1S/C10H11N5S/c1-2-12-10-14-6-8(16-10)7-15-4-3-13-9(15)5-11/h3-4,6H,2,7H2,1H3,(H,12,14). The minimum absolute atomic E-state index is 0.429. The third-order valence-electron chi connectivity index (χ3n) is 2.02. The van der Waals surface area contributed by atoms with Crippen LogP contribution in [-0.2, 0) is 6.54 Å². The lowest BCUT2D eigenvalue weighted by Gasteiger charge is -1.99. The first-order chi connectivity index (χ1) is 7.83. The van der Waals surface area contributed by atoms with Crippen molar-refractivity contribution in [2.75, 3.05) is 11.9 Å². The molecule has 0 unspecified atom stereocenters. The van der Waals surface area contributed by atoms with Crippen LogP contribution >= 0.6 is 11.3 Å². The summed E-state index contributed by atoms with van der Waals surface area (Å²) in [6, 6.07) is 2.05. The fourth-order valence-corrected chi connectivity index (χ4v) is 2.21. The van der Waals surface area contributed by atoms with Gasteiger partial charge in [0.05, 0.1) is 6.54 Å². The van der Waals surface area contributed by atoms with Crippen LogP contribution in [0.2, 0.25) is 0 Å². The van der Waals surface area contributed by atoms with E-state index in [4.69, 9.17) is 5.26 Å². The van der Waals surface area contributed by atoms with Crippen molar-refractivity contribution < 1.29 is 0 Å². The van der Waals surface area contributed by atoms with Crippen LogP contribution in [0.3, 0.4) is 0 Å². The van der Waals surface area contributed by atoms with E-state index in [1.807, 2.05) is 23.8 Å². The average Bonchev–Trinajstić information content (AvgIpc) is 2.89. The third kappa shape index (κ3) is 2.20. The number of nitrogens with one attached hydrogen (secondary N) is 1. The molecule has 0 atom stereocenters. The highest BCUT2D eigenvalue weighted by Gasteiger charge is 2.05. The molecule has 16 heavy (non-hydrogen) atoms. The molecule has 0 saturated heterocycles. The lowest BCUT2D eigenvalue weighted by Crippen LogP contribution is -1.99. The molecule has 82 valence electrons. The highest BCUT2D eigenvalue weighted by atomic mass is 32.1. The maximum absolute atomic E-state index is 8.82. The van der Waals surface area contributed by atoms with E-state index in [2.05, 4.69) is 15.3 Å². The Morgan fingerprint density at radius 3 is 3.19 bits per heavy atom. The van der Waals surface area contributed by atoms with Gasteiger partial charge in [0.2, 0.25) is 5.82 Å². The van der Waals surface area contributed by atoms with Crippen LogP contribution in [0.5, 0.6) is 0 Å². The largest absolute Gasteiger partial charge is 0.362 e. The number of hydrogen-bond donors (Lipinski definition) is 1. The van der Waals surface area contributed by atoms with Crippen LogP contribution < -0.4 is 5.32 Å². The summed E-state index contributed by atoms with van der Waals surface area (Å²) in [5, 5.41) is 12.9. The maximum atomic E-state index is 8.82. The summed E-state index contributed by atoms with van der Waals surface area (Å²) >= 11 is 1.59. The molecule has 2 heterocycles. The van der Waals surface area contributed by atoms with Crippen LogP contribution in [0.4, 0.5) is 5.13 Å². The van der Waals surface area contributed by atoms with E-state index in [0.717, 1.165) is 16.6 Å². The second kappa shape index (κ2) is 4.77. The van der Waals surface area contributed by atoms with E-state index in [-0.39, 0.29) is 0 Å². The molecule has 2 aromatic heterocycles. The van der Waals surface area contributed by atoms with Gasteiger partial charge in [0, 0.05) is 30.0 Å². The predicted octanol–water partition coefficient (Wildman–Crippen LogP) is 1.69. The van der Waals surface area contributed by atoms with E-state index < -0.39 is 0 Å². The molecule has 0 bridgehead atoms. The Hall–Kier alpha value is -1.87. The van der Waals surface area contributed by atoms with Crippen LogP contribution in [0, 0.1) is 11.3 Å². The van der Waals surface area contributed by atoms with Gasteiger partial charge in [-0.05, 0) is 6.92 Å². The number of aromatic nitrogens is 3. The van der Waals surface area contributed by atoms with Crippen molar-refractivity contribution in [3.8, 4) is 6.07 Å². The maximum Gasteiger partial charge on any atom is 0.213 e. The number of imidazole rings is 1. The molecule has 2 rings (SSSR count). The molecule has 0 amide bonds. The zero-order chi connectivity index (χ0) is 11.4. The highest BCUT2D eigenvalue weighted by Crippen LogP contribution is 2.19. The first-order valence-electron chi connectivity index (χ1n) is 4.93. The Bertz CT molecular complexity index is 507. The summed E-state index contributed by atoms with van der Waals surface area (Å²) in [5.41, 5.74) is 0. The monoisotopic (exact) mass is 233 g/mol. The van der Waals surface area contributed by atoms with E-state index >= 15 is 0 Å². The Morgan fingerprint density at radius 1 is 1.56 bits per heavy atom. The lowest BCUT2D eigenvalue weighted by molar-refractivity contribution is 0.792. The summed E-state index contributed by atoms with van der Waals surface area (Å²) in [6.45, 7) is 3.54. The second-order valence-corrected chi connectivity index (χ2v) is 4.27. The van der Waals surface area contributed by atoms with E-state index in [1.54, 1.807) is 23.7 Å². The van der Waals surface area contributed by atoms with E-state index in [1.165, 1.54) is 0 Å². The van der Waals surface area contributed by atoms with Crippen LogP contribution in [-0.4, -0.2) is 21.1 Å². The number of nitriles is 1. The van der Waals surface area contributed by atoms with Crippen molar-refractivity contribution >= 4 is 16.5 Å². The Labute approximate surface area is 97.4 Å². The molecule has 0 aliphatic rings. The molecule has 5 nitrogen and oxygen atoms in total. The molecule has 1 N–H and O–H groups in total. The van der Waals surface area contributed by atoms with Gasteiger partial charge in [0.15, 0.2) is 5.13 Å². The van der Waals surface area contributed by atoms with Crippen molar-refractivity contribution in [3.05, 3.63) is 29.3 Å². The molecule has 0 aliphatic carbocycles. The Balaban J connectivity index is 2.12. The van der Waals surface area contributed by atoms with Crippen molar-refractivity contribution in [3.63, 3.8) is 0 Å². The molecule has 0 radical (unpaired) electrons. The van der Waals surface area contributed by atoms with Crippen LogP contribution in [0.25, 0.3) is 0 Å². The number of thiazole rings is 1.